The fourth-order valence-corrected chi connectivity index (χ4v) is 9.17. The molecular formula is C52H33NOS. The lowest BCUT2D eigenvalue weighted by atomic mass is 9.99. The summed E-state index contributed by atoms with van der Waals surface area (Å²) in [6, 6.07) is 72.4. The molecular weight excluding hydrogens is 687 g/mol. The third kappa shape index (κ3) is 5.56. The van der Waals surface area contributed by atoms with Crippen LogP contribution >= 0.6 is 11.3 Å². The van der Waals surface area contributed by atoms with Crippen molar-refractivity contribution in [3.8, 4) is 33.4 Å². The second-order valence-corrected chi connectivity index (χ2v) is 15.2. The molecule has 0 fully saturated rings. The number of hydrogen-bond acceptors (Lipinski definition) is 3. The molecule has 55 heavy (non-hydrogen) atoms. The van der Waals surface area contributed by atoms with E-state index in [0.29, 0.717) is 0 Å². The Bertz CT molecular complexity index is 3220. The Labute approximate surface area is 322 Å². The van der Waals surface area contributed by atoms with Crippen molar-refractivity contribution in [3.05, 3.63) is 200 Å². The Balaban J connectivity index is 1.03. The zero-order valence-electron chi connectivity index (χ0n) is 29.8. The molecule has 0 spiro atoms. The molecule has 0 N–H and O–H groups in total. The predicted molar refractivity (Wildman–Crippen MR) is 235 cm³/mol. The van der Waals surface area contributed by atoms with Gasteiger partial charge >= 0.3 is 0 Å². The van der Waals surface area contributed by atoms with Crippen LogP contribution in [0.3, 0.4) is 0 Å². The van der Waals surface area contributed by atoms with Crippen molar-refractivity contribution in [3.63, 3.8) is 0 Å². The molecule has 0 amide bonds. The Morgan fingerprint density at radius 2 is 0.891 bits per heavy atom. The van der Waals surface area contributed by atoms with E-state index in [-0.39, 0.29) is 0 Å². The Morgan fingerprint density at radius 1 is 0.309 bits per heavy atom. The van der Waals surface area contributed by atoms with Crippen LogP contribution in [0, 0.1) is 0 Å². The van der Waals surface area contributed by atoms with Gasteiger partial charge in [-0.05, 0) is 123 Å². The summed E-state index contributed by atoms with van der Waals surface area (Å²) in [7, 11) is 0. The van der Waals surface area contributed by atoms with Gasteiger partial charge in [0.05, 0.1) is 0 Å². The molecule has 258 valence electrons. The summed E-state index contributed by atoms with van der Waals surface area (Å²) in [5.74, 6) is 0. The van der Waals surface area contributed by atoms with E-state index in [9.17, 15) is 0 Å². The van der Waals surface area contributed by atoms with Gasteiger partial charge in [-0.25, -0.2) is 0 Å². The molecule has 0 bridgehead atoms. The van der Waals surface area contributed by atoms with E-state index in [1.54, 1.807) is 0 Å². The van der Waals surface area contributed by atoms with E-state index in [0.717, 1.165) is 50.1 Å². The molecule has 0 aliphatic carbocycles. The normalized spacial score (nSPS) is 11.6. The lowest BCUT2D eigenvalue weighted by molar-refractivity contribution is 0.669. The molecule has 0 atom stereocenters. The first-order chi connectivity index (χ1) is 27.2. The van der Waals surface area contributed by atoms with Gasteiger partial charge in [-0.2, -0.15) is 0 Å². The van der Waals surface area contributed by atoms with Crippen LogP contribution in [0.25, 0.3) is 86.3 Å². The fraction of sp³-hybridized carbons (Fsp3) is 0. The minimum absolute atomic E-state index is 0.897. The maximum atomic E-state index is 6.29. The molecule has 9 aromatic carbocycles. The second kappa shape index (κ2) is 12.9. The predicted octanol–water partition coefficient (Wildman–Crippen LogP) is 15.6. The maximum absolute atomic E-state index is 6.29. The van der Waals surface area contributed by atoms with Gasteiger partial charge in [-0.3, -0.25) is 0 Å². The zero-order valence-corrected chi connectivity index (χ0v) is 30.6. The number of nitrogens with zero attached hydrogens (tertiary/aromatic N) is 1. The van der Waals surface area contributed by atoms with Crippen LogP contribution in [0.4, 0.5) is 17.1 Å². The Morgan fingerprint density at radius 3 is 1.71 bits per heavy atom. The zero-order chi connectivity index (χ0) is 36.3. The van der Waals surface area contributed by atoms with E-state index in [1.807, 2.05) is 23.5 Å². The number of hydrogen-bond donors (Lipinski definition) is 0. The molecule has 0 unspecified atom stereocenters. The van der Waals surface area contributed by atoms with Crippen molar-refractivity contribution < 1.29 is 4.42 Å². The van der Waals surface area contributed by atoms with Gasteiger partial charge in [0, 0.05) is 48.0 Å². The number of furan rings is 1. The van der Waals surface area contributed by atoms with Crippen LogP contribution in [-0.4, -0.2) is 0 Å². The number of rotatable bonds is 6. The van der Waals surface area contributed by atoms with Crippen molar-refractivity contribution in [2.24, 2.45) is 0 Å². The molecule has 11 aromatic rings. The van der Waals surface area contributed by atoms with Gasteiger partial charge < -0.3 is 9.32 Å². The summed E-state index contributed by atoms with van der Waals surface area (Å²) in [4.78, 5) is 2.37. The molecule has 0 aliphatic rings. The highest BCUT2D eigenvalue weighted by atomic mass is 32.1. The van der Waals surface area contributed by atoms with E-state index < -0.39 is 0 Å². The van der Waals surface area contributed by atoms with Crippen LogP contribution in [0.15, 0.2) is 205 Å². The van der Waals surface area contributed by atoms with Gasteiger partial charge in [0.2, 0.25) is 0 Å². The third-order valence-electron chi connectivity index (χ3n) is 10.8. The maximum Gasteiger partial charge on any atom is 0.136 e. The monoisotopic (exact) mass is 719 g/mol. The van der Waals surface area contributed by atoms with Gasteiger partial charge in [0.1, 0.15) is 11.2 Å². The molecule has 2 nitrogen and oxygen atoms in total. The average Bonchev–Trinajstić information content (AvgIpc) is 3.82. The summed E-state index contributed by atoms with van der Waals surface area (Å²) in [6.45, 7) is 0. The van der Waals surface area contributed by atoms with Crippen LogP contribution < -0.4 is 4.90 Å². The summed E-state index contributed by atoms with van der Waals surface area (Å²) in [5, 5.41) is 7.38. The smallest absolute Gasteiger partial charge is 0.136 e. The minimum Gasteiger partial charge on any atom is -0.456 e. The summed E-state index contributed by atoms with van der Waals surface area (Å²) in [6.07, 6.45) is 0. The molecule has 3 heteroatoms. The molecule has 2 heterocycles. The van der Waals surface area contributed by atoms with E-state index in [2.05, 4.69) is 193 Å². The first kappa shape index (κ1) is 31.6. The largest absolute Gasteiger partial charge is 0.456 e. The van der Waals surface area contributed by atoms with Crippen molar-refractivity contribution in [1.29, 1.82) is 0 Å². The number of benzene rings is 9. The van der Waals surface area contributed by atoms with Gasteiger partial charge in [0.25, 0.3) is 0 Å². The summed E-state index contributed by atoms with van der Waals surface area (Å²) >= 11 is 1.85. The minimum atomic E-state index is 0.897. The molecule has 0 saturated carbocycles. The highest BCUT2D eigenvalue weighted by Crippen LogP contribution is 2.41. The standard InChI is InChI=1S/C52H33NOS/c1-2-10-36-29-39(20-19-34(36)9-1)35-21-25-42(26-22-35)53(43-13-7-11-37(30-43)40-24-28-52-48(32-40)47-16-4-6-18-51(47)55-52)44-14-8-12-38(31-44)41-23-27-46-45-15-3-5-17-49(45)54-50(46)33-41/h1-33H. The summed E-state index contributed by atoms with van der Waals surface area (Å²) < 4.78 is 8.93. The highest BCUT2D eigenvalue weighted by Gasteiger charge is 2.16. The average molecular weight is 720 g/mol. The number of para-hydroxylation sites is 1. The fourth-order valence-electron chi connectivity index (χ4n) is 8.08. The third-order valence-corrected chi connectivity index (χ3v) is 12.0. The van der Waals surface area contributed by atoms with Crippen LogP contribution in [-0.2, 0) is 0 Å². The van der Waals surface area contributed by atoms with E-state index in [1.165, 1.54) is 53.2 Å². The molecule has 2 aromatic heterocycles. The number of thiophene rings is 1. The van der Waals surface area contributed by atoms with Crippen molar-refractivity contribution in [2.45, 2.75) is 0 Å². The Hall–Kier alpha value is -6.94. The molecule has 0 saturated heterocycles. The lowest BCUT2D eigenvalue weighted by Crippen LogP contribution is -2.10. The summed E-state index contributed by atoms with van der Waals surface area (Å²) in [5.41, 5.74) is 12.1. The lowest BCUT2D eigenvalue weighted by Gasteiger charge is -2.27. The van der Waals surface area contributed by atoms with Crippen molar-refractivity contribution >= 4 is 81.3 Å². The molecule has 11 rings (SSSR count). The molecule has 0 radical (unpaired) electrons. The van der Waals surface area contributed by atoms with Crippen LogP contribution in [0.1, 0.15) is 0 Å². The molecule has 0 aliphatic heterocycles. The quantitative estimate of drug-likeness (QED) is 0.170. The topological polar surface area (TPSA) is 16.4 Å². The SMILES string of the molecule is c1cc(-c2ccc3c(c2)oc2ccccc23)cc(N(c2ccc(-c3ccc4ccccc4c3)cc2)c2cccc(-c3ccc4sc5ccccc5c4c3)c2)c1. The van der Waals surface area contributed by atoms with E-state index in [4.69, 9.17) is 4.42 Å². The van der Waals surface area contributed by atoms with Gasteiger partial charge in [0.15, 0.2) is 0 Å². The van der Waals surface area contributed by atoms with Crippen LogP contribution in [0.2, 0.25) is 0 Å². The van der Waals surface area contributed by atoms with E-state index >= 15 is 0 Å². The number of fused-ring (bicyclic) bond motifs is 7. The first-order valence-corrected chi connectivity index (χ1v) is 19.5. The van der Waals surface area contributed by atoms with Crippen molar-refractivity contribution in [2.75, 3.05) is 4.90 Å². The Kier molecular flexibility index (Phi) is 7.39. The van der Waals surface area contributed by atoms with Crippen LogP contribution in [0.5, 0.6) is 0 Å². The highest BCUT2D eigenvalue weighted by molar-refractivity contribution is 7.25. The second-order valence-electron chi connectivity index (χ2n) is 14.2. The first-order valence-electron chi connectivity index (χ1n) is 18.6. The number of anilines is 3. The van der Waals surface area contributed by atoms with Crippen molar-refractivity contribution in [1.82, 2.24) is 0 Å². The van der Waals surface area contributed by atoms with Gasteiger partial charge in [-0.1, -0.05) is 121 Å². The van der Waals surface area contributed by atoms with Gasteiger partial charge in [-0.15, -0.1) is 11.3 Å².